The van der Waals surface area contributed by atoms with E-state index >= 15 is 0 Å². The highest BCUT2D eigenvalue weighted by atomic mass is 16.5. The molecule has 2 rings (SSSR count). The Balaban J connectivity index is 2.17. The number of hydrogen-bond acceptors (Lipinski definition) is 2. The molecule has 0 unspecified atom stereocenters. The van der Waals surface area contributed by atoms with E-state index in [0.717, 1.165) is 17.7 Å². The van der Waals surface area contributed by atoms with Crippen LogP contribution < -0.4 is 0 Å². The molecule has 0 spiro atoms. The minimum atomic E-state index is 0.569. The van der Waals surface area contributed by atoms with Gasteiger partial charge in [-0.3, -0.25) is 0 Å². The molecule has 0 atom stereocenters. The van der Waals surface area contributed by atoms with Crippen LogP contribution in [0, 0.1) is 0 Å². The van der Waals surface area contributed by atoms with Gasteiger partial charge in [-0.15, -0.1) is 0 Å². The molecule has 0 saturated carbocycles. The van der Waals surface area contributed by atoms with Crippen LogP contribution in [0.1, 0.15) is 18.9 Å². The predicted octanol–water partition coefficient (Wildman–Crippen LogP) is 4.04. The van der Waals surface area contributed by atoms with Crippen molar-refractivity contribution in [2.75, 3.05) is 6.61 Å². The van der Waals surface area contributed by atoms with Gasteiger partial charge >= 0.3 is 0 Å². The predicted molar refractivity (Wildman–Crippen MR) is 72.5 cm³/mol. The highest BCUT2D eigenvalue weighted by Gasteiger charge is 2.14. The van der Waals surface area contributed by atoms with Crippen molar-refractivity contribution in [3.8, 4) is 0 Å². The molecule has 0 amide bonds. The number of rotatable bonds is 4. The molecule has 1 aliphatic rings. The van der Waals surface area contributed by atoms with Gasteiger partial charge in [-0.1, -0.05) is 42.6 Å². The maximum atomic E-state index is 5.84. The SMILES string of the molecule is C=C=C(OCC)C1=CCC=C(c2ccccc2)O1. The van der Waals surface area contributed by atoms with Gasteiger partial charge in [-0.05, 0) is 25.5 Å². The molecule has 0 radical (unpaired) electrons. The lowest BCUT2D eigenvalue weighted by Crippen LogP contribution is -2.03. The first-order chi connectivity index (χ1) is 8.85. The minimum absolute atomic E-state index is 0.569. The summed E-state index contributed by atoms with van der Waals surface area (Å²) in [5, 5.41) is 0. The second kappa shape index (κ2) is 5.95. The van der Waals surface area contributed by atoms with Crippen molar-refractivity contribution in [3.63, 3.8) is 0 Å². The maximum absolute atomic E-state index is 5.84. The smallest absolute Gasteiger partial charge is 0.204 e. The van der Waals surface area contributed by atoms with E-state index in [4.69, 9.17) is 9.47 Å². The van der Waals surface area contributed by atoms with Crippen LogP contribution in [-0.2, 0) is 9.47 Å². The van der Waals surface area contributed by atoms with Crippen LogP contribution in [0.15, 0.2) is 66.3 Å². The van der Waals surface area contributed by atoms with Gasteiger partial charge in [0.2, 0.25) is 5.76 Å². The molecule has 1 aromatic rings. The van der Waals surface area contributed by atoms with E-state index in [1.165, 1.54) is 0 Å². The zero-order chi connectivity index (χ0) is 12.8. The first-order valence-corrected chi connectivity index (χ1v) is 6.02. The zero-order valence-corrected chi connectivity index (χ0v) is 10.5. The molecule has 1 aliphatic heterocycles. The average Bonchev–Trinajstić information content (AvgIpc) is 2.46. The molecule has 1 aromatic carbocycles. The van der Waals surface area contributed by atoms with Gasteiger partial charge in [0.15, 0.2) is 5.76 Å². The second-order valence-corrected chi connectivity index (χ2v) is 3.78. The summed E-state index contributed by atoms with van der Waals surface area (Å²) >= 11 is 0. The molecule has 0 aromatic heterocycles. The van der Waals surface area contributed by atoms with Gasteiger partial charge in [0, 0.05) is 5.56 Å². The Morgan fingerprint density at radius 1 is 1.33 bits per heavy atom. The van der Waals surface area contributed by atoms with E-state index < -0.39 is 0 Å². The largest absolute Gasteiger partial charge is 0.483 e. The van der Waals surface area contributed by atoms with E-state index in [9.17, 15) is 0 Å². The van der Waals surface area contributed by atoms with Crippen LogP contribution >= 0.6 is 0 Å². The van der Waals surface area contributed by atoms with Gasteiger partial charge in [-0.25, -0.2) is 0 Å². The van der Waals surface area contributed by atoms with Crippen LogP contribution in [0.4, 0.5) is 0 Å². The van der Waals surface area contributed by atoms with Crippen molar-refractivity contribution in [3.05, 3.63) is 71.9 Å². The fourth-order valence-corrected chi connectivity index (χ4v) is 1.75. The molecule has 92 valence electrons. The Morgan fingerprint density at radius 3 is 2.78 bits per heavy atom. The Labute approximate surface area is 108 Å². The van der Waals surface area contributed by atoms with Crippen LogP contribution in [0.2, 0.25) is 0 Å². The van der Waals surface area contributed by atoms with Crippen molar-refractivity contribution in [2.45, 2.75) is 13.3 Å². The third kappa shape index (κ3) is 2.73. The van der Waals surface area contributed by atoms with E-state index in [-0.39, 0.29) is 0 Å². The second-order valence-electron chi connectivity index (χ2n) is 3.78. The monoisotopic (exact) mass is 240 g/mol. The fourth-order valence-electron chi connectivity index (χ4n) is 1.75. The number of allylic oxidation sites excluding steroid dienone is 2. The molecule has 1 heterocycles. The summed E-state index contributed by atoms with van der Waals surface area (Å²) in [4.78, 5) is 0. The normalized spacial score (nSPS) is 13.8. The molecular formula is C16H16O2. The first kappa shape index (κ1) is 12.3. The summed E-state index contributed by atoms with van der Waals surface area (Å²) in [5.74, 6) is 2.10. The molecule has 0 aliphatic carbocycles. The summed E-state index contributed by atoms with van der Waals surface area (Å²) in [6.45, 7) is 6.12. The Bertz CT molecular complexity index is 517. The molecular weight excluding hydrogens is 224 g/mol. The molecule has 0 saturated heterocycles. The van der Waals surface area contributed by atoms with Crippen LogP contribution in [-0.4, -0.2) is 6.61 Å². The van der Waals surface area contributed by atoms with E-state index in [0.29, 0.717) is 18.1 Å². The quantitative estimate of drug-likeness (QED) is 0.584. The maximum Gasteiger partial charge on any atom is 0.204 e. The fraction of sp³-hybridized carbons (Fsp3) is 0.188. The van der Waals surface area contributed by atoms with E-state index in [1.807, 2.05) is 49.4 Å². The molecule has 0 bridgehead atoms. The summed E-state index contributed by atoms with van der Waals surface area (Å²) in [6, 6.07) is 10.0. The number of benzene rings is 1. The molecule has 0 fully saturated rings. The van der Waals surface area contributed by atoms with E-state index in [2.05, 4.69) is 12.3 Å². The lowest BCUT2D eigenvalue weighted by molar-refractivity contribution is 0.205. The van der Waals surface area contributed by atoms with Crippen molar-refractivity contribution in [1.82, 2.24) is 0 Å². The van der Waals surface area contributed by atoms with Crippen molar-refractivity contribution < 1.29 is 9.47 Å². The molecule has 0 N–H and O–H groups in total. The van der Waals surface area contributed by atoms with Crippen LogP contribution in [0.5, 0.6) is 0 Å². The zero-order valence-electron chi connectivity index (χ0n) is 10.5. The minimum Gasteiger partial charge on any atom is -0.483 e. The average molecular weight is 240 g/mol. The third-order valence-electron chi connectivity index (χ3n) is 2.56. The highest BCUT2D eigenvalue weighted by Crippen LogP contribution is 2.27. The van der Waals surface area contributed by atoms with E-state index in [1.54, 1.807) is 0 Å². The Morgan fingerprint density at radius 2 is 2.11 bits per heavy atom. The van der Waals surface area contributed by atoms with Crippen molar-refractivity contribution >= 4 is 5.76 Å². The van der Waals surface area contributed by atoms with Crippen LogP contribution in [0.3, 0.4) is 0 Å². The van der Waals surface area contributed by atoms with Gasteiger partial charge in [0.1, 0.15) is 5.76 Å². The highest BCUT2D eigenvalue weighted by molar-refractivity contribution is 5.62. The lowest BCUT2D eigenvalue weighted by atomic mass is 10.1. The van der Waals surface area contributed by atoms with Gasteiger partial charge in [0.25, 0.3) is 0 Å². The number of ether oxygens (including phenoxy) is 2. The van der Waals surface area contributed by atoms with Gasteiger partial charge in [0.05, 0.1) is 6.61 Å². The summed E-state index contributed by atoms with van der Waals surface area (Å²) < 4.78 is 11.3. The third-order valence-corrected chi connectivity index (χ3v) is 2.56. The molecule has 2 heteroatoms. The summed E-state index contributed by atoms with van der Waals surface area (Å²) in [7, 11) is 0. The number of hydrogen-bond donors (Lipinski definition) is 0. The summed E-state index contributed by atoms with van der Waals surface area (Å²) in [5.41, 5.74) is 3.83. The Hall–Kier alpha value is -2.18. The molecule has 2 nitrogen and oxygen atoms in total. The van der Waals surface area contributed by atoms with Crippen LogP contribution in [0.25, 0.3) is 5.76 Å². The molecule has 18 heavy (non-hydrogen) atoms. The summed E-state index contributed by atoms with van der Waals surface area (Å²) in [6.07, 6.45) is 4.83. The first-order valence-electron chi connectivity index (χ1n) is 6.02. The standard InChI is InChI=1S/C16H16O2/c1-3-14(17-4-2)16-12-8-11-15(18-16)13-9-6-5-7-10-13/h5-7,9-12H,1,4,8H2,2H3. The lowest BCUT2D eigenvalue weighted by Gasteiger charge is -2.18. The van der Waals surface area contributed by atoms with Crippen molar-refractivity contribution in [2.24, 2.45) is 0 Å². The van der Waals surface area contributed by atoms with Gasteiger partial charge in [-0.2, -0.15) is 0 Å². The van der Waals surface area contributed by atoms with Gasteiger partial charge < -0.3 is 9.47 Å². The Kier molecular flexibility index (Phi) is 4.06. The van der Waals surface area contributed by atoms with Crippen molar-refractivity contribution in [1.29, 1.82) is 0 Å². The topological polar surface area (TPSA) is 18.5 Å².